The zero-order chi connectivity index (χ0) is 12.1. The van der Waals surface area contributed by atoms with Crippen LogP contribution in [0.3, 0.4) is 0 Å². The highest BCUT2D eigenvalue weighted by molar-refractivity contribution is 5.68. The van der Waals surface area contributed by atoms with Gasteiger partial charge in [0.25, 0.3) is 0 Å². The van der Waals surface area contributed by atoms with E-state index in [4.69, 9.17) is 0 Å². The molecular weight excluding hydrogens is 200 g/mol. The number of esters is 1. The molecule has 0 aromatic rings. The lowest BCUT2D eigenvalue weighted by Crippen LogP contribution is -1.98. The van der Waals surface area contributed by atoms with Crippen molar-refractivity contribution in [2.75, 3.05) is 7.11 Å². The average Bonchev–Trinajstić information content (AvgIpc) is 2.31. The molecule has 0 aromatic heterocycles. The fourth-order valence-electron chi connectivity index (χ4n) is 1.40. The van der Waals surface area contributed by atoms with Gasteiger partial charge in [0.1, 0.15) is 0 Å². The van der Waals surface area contributed by atoms with E-state index in [9.17, 15) is 4.79 Å². The molecule has 2 heteroatoms. The summed E-state index contributed by atoms with van der Waals surface area (Å²) in [6.45, 7) is 2.20. The zero-order valence-electron chi connectivity index (χ0n) is 10.7. The van der Waals surface area contributed by atoms with E-state index in [1.807, 2.05) is 0 Å². The maximum atomic E-state index is 10.8. The molecule has 0 saturated carbocycles. The van der Waals surface area contributed by atoms with Crippen LogP contribution in [0.2, 0.25) is 0 Å². The Morgan fingerprint density at radius 1 is 1.00 bits per heavy atom. The predicted molar refractivity (Wildman–Crippen MR) is 67.0 cm³/mol. The second-order valence-electron chi connectivity index (χ2n) is 3.95. The summed E-state index contributed by atoms with van der Waals surface area (Å²) >= 11 is 0. The summed E-state index contributed by atoms with van der Waals surface area (Å²) in [5.74, 6) is 6.26. The fourth-order valence-corrected chi connectivity index (χ4v) is 1.40. The molecule has 0 saturated heterocycles. The normalized spacial score (nSPS) is 9.38. The van der Waals surface area contributed by atoms with Crippen LogP contribution in [-0.4, -0.2) is 13.1 Å². The minimum atomic E-state index is -0.106. The first-order valence-corrected chi connectivity index (χ1v) is 6.33. The van der Waals surface area contributed by atoms with Crippen LogP contribution < -0.4 is 0 Å². The van der Waals surface area contributed by atoms with Crippen LogP contribution in [0.5, 0.6) is 0 Å². The lowest BCUT2D eigenvalue weighted by Gasteiger charge is -1.97. The van der Waals surface area contributed by atoms with E-state index in [0.717, 1.165) is 32.1 Å². The van der Waals surface area contributed by atoms with Gasteiger partial charge in [0.15, 0.2) is 0 Å². The average molecular weight is 224 g/mol. The number of methoxy groups -OCH3 is 1. The molecule has 0 atom stereocenters. The van der Waals surface area contributed by atoms with E-state index in [1.165, 1.54) is 26.4 Å². The molecule has 0 heterocycles. The second kappa shape index (κ2) is 12.1. The van der Waals surface area contributed by atoms with Crippen LogP contribution in [0.25, 0.3) is 0 Å². The molecule has 0 aliphatic carbocycles. The van der Waals surface area contributed by atoms with Crippen molar-refractivity contribution in [1.82, 2.24) is 0 Å². The zero-order valence-corrected chi connectivity index (χ0v) is 10.7. The van der Waals surface area contributed by atoms with Crippen molar-refractivity contribution in [1.29, 1.82) is 0 Å². The highest BCUT2D eigenvalue weighted by atomic mass is 16.5. The minimum absolute atomic E-state index is 0.106. The first kappa shape index (κ1) is 15.0. The van der Waals surface area contributed by atoms with E-state index >= 15 is 0 Å². The van der Waals surface area contributed by atoms with Crippen LogP contribution in [0.4, 0.5) is 0 Å². The highest BCUT2D eigenvalue weighted by Gasteiger charge is 1.97. The van der Waals surface area contributed by atoms with Crippen molar-refractivity contribution in [3.05, 3.63) is 0 Å². The van der Waals surface area contributed by atoms with Gasteiger partial charge in [-0.1, -0.05) is 26.2 Å². The van der Waals surface area contributed by atoms with Crippen molar-refractivity contribution >= 4 is 5.97 Å². The van der Waals surface area contributed by atoms with Crippen molar-refractivity contribution < 1.29 is 9.53 Å². The van der Waals surface area contributed by atoms with Gasteiger partial charge in [-0.3, -0.25) is 4.79 Å². The third-order valence-electron chi connectivity index (χ3n) is 2.44. The Kier molecular flexibility index (Phi) is 11.4. The SMILES string of the molecule is CCCCCC#CCCCCCC(=O)OC. The van der Waals surface area contributed by atoms with Gasteiger partial charge < -0.3 is 4.74 Å². The van der Waals surface area contributed by atoms with E-state index in [1.54, 1.807) is 0 Å². The third kappa shape index (κ3) is 11.1. The summed E-state index contributed by atoms with van der Waals surface area (Å²) in [7, 11) is 1.43. The van der Waals surface area contributed by atoms with Crippen LogP contribution in [0.1, 0.15) is 64.7 Å². The van der Waals surface area contributed by atoms with Crippen LogP contribution in [-0.2, 0) is 9.53 Å². The van der Waals surface area contributed by atoms with E-state index in [2.05, 4.69) is 23.5 Å². The summed E-state index contributed by atoms with van der Waals surface area (Å²) < 4.78 is 4.57. The molecule has 0 bridgehead atoms. The van der Waals surface area contributed by atoms with Crippen molar-refractivity contribution in [2.24, 2.45) is 0 Å². The number of carbonyl (C=O) groups is 1. The molecule has 0 amide bonds. The van der Waals surface area contributed by atoms with Gasteiger partial charge in [0.2, 0.25) is 0 Å². The third-order valence-corrected chi connectivity index (χ3v) is 2.44. The minimum Gasteiger partial charge on any atom is -0.469 e. The quantitative estimate of drug-likeness (QED) is 0.357. The molecule has 0 aliphatic heterocycles. The highest BCUT2D eigenvalue weighted by Crippen LogP contribution is 2.03. The number of unbranched alkanes of at least 4 members (excludes halogenated alkanes) is 6. The van der Waals surface area contributed by atoms with Gasteiger partial charge in [-0.2, -0.15) is 0 Å². The van der Waals surface area contributed by atoms with Crippen molar-refractivity contribution in [3.8, 4) is 11.8 Å². The Hall–Kier alpha value is -0.970. The number of ether oxygens (including phenoxy) is 1. The molecule has 92 valence electrons. The molecule has 0 rings (SSSR count). The van der Waals surface area contributed by atoms with Crippen molar-refractivity contribution in [2.45, 2.75) is 64.7 Å². The second-order valence-corrected chi connectivity index (χ2v) is 3.95. The van der Waals surface area contributed by atoms with Gasteiger partial charge >= 0.3 is 5.97 Å². The fraction of sp³-hybridized carbons (Fsp3) is 0.786. The van der Waals surface area contributed by atoms with Gasteiger partial charge in [0, 0.05) is 19.3 Å². The first-order valence-electron chi connectivity index (χ1n) is 6.33. The summed E-state index contributed by atoms with van der Waals surface area (Å²) in [5, 5.41) is 0. The number of carbonyl (C=O) groups excluding carboxylic acids is 1. The lowest BCUT2D eigenvalue weighted by atomic mass is 10.1. The van der Waals surface area contributed by atoms with Crippen LogP contribution in [0, 0.1) is 11.8 Å². The van der Waals surface area contributed by atoms with E-state index in [0.29, 0.717) is 6.42 Å². The van der Waals surface area contributed by atoms with Gasteiger partial charge in [0.05, 0.1) is 7.11 Å². The molecule has 0 unspecified atom stereocenters. The molecule has 2 nitrogen and oxygen atoms in total. The van der Waals surface area contributed by atoms with Gasteiger partial charge in [-0.15, -0.1) is 11.8 Å². The molecule has 0 N–H and O–H groups in total. The molecule has 0 radical (unpaired) electrons. The summed E-state index contributed by atoms with van der Waals surface area (Å²) in [5.41, 5.74) is 0. The predicted octanol–water partition coefficient (Wildman–Crippen LogP) is 3.69. The Morgan fingerprint density at radius 2 is 1.62 bits per heavy atom. The van der Waals surface area contributed by atoms with Crippen molar-refractivity contribution in [3.63, 3.8) is 0 Å². The smallest absolute Gasteiger partial charge is 0.305 e. The number of hydrogen-bond acceptors (Lipinski definition) is 2. The first-order chi connectivity index (χ1) is 7.81. The van der Waals surface area contributed by atoms with Crippen LogP contribution in [0.15, 0.2) is 0 Å². The Bertz CT molecular complexity index is 223. The summed E-state index contributed by atoms with van der Waals surface area (Å²) in [6, 6.07) is 0. The standard InChI is InChI=1S/C14H24O2/c1-3-4-5-6-7-8-9-10-11-12-13-14(15)16-2/h3-6,9-13H2,1-2H3. The summed E-state index contributed by atoms with van der Waals surface area (Å²) in [4.78, 5) is 10.8. The van der Waals surface area contributed by atoms with E-state index in [-0.39, 0.29) is 5.97 Å². The number of hydrogen-bond donors (Lipinski definition) is 0. The van der Waals surface area contributed by atoms with Gasteiger partial charge in [-0.25, -0.2) is 0 Å². The Balaban J connectivity index is 3.16. The molecule has 0 aromatic carbocycles. The van der Waals surface area contributed by atoms with Gasteiger partial charge in [-0.05, 0) is 19.3 Å². The monoisotopic (exact) mass is 224 g/mol. The largest absolute Gasteiger partial charge is 0.469 e. The molecule has 16 heavy (non-hydrogen) atoms. The number of rotatable bonds is 8. The molecule has 0 spiro atoms. The maximum absolute atomic E-state index is 10.8. The summed E-state index contributed by atoms with van der Waals surface area (Å²) in [6.07, 6.45) is 9.40. The lowest BCUT2D eigenvalue weighted by molar-refractivity contribution is -0.140. The molecular formula is C14H24O2. The van der Waals surface area contributed by atoms with Crippen LogP contribution >= 0.6 is 0 Å². The Morgan fingerprint density at radius 3 is 2.19 bits per heavy atom. The maximum Gasteiger partial charge on any atom is 0.305 e. The molecule has 0 aliphatic rings. The molecule has 0 fully saturated rings. The topological polar surface area (TPSA) is 26.3 Å². The van der Waals surface area contributed by atoms with E-state index < -0.39 is 0 Å². The Labute approximate surface area is 99.8 Å².